The molecular formula is C14H17NO2. The van der Waals surface area contributed by atoms with Crippen molar-refractivity contribution in [3.63, 3.8) is 0 Å². The van der Waals surface area contributed by atoms with Crippen LogP contribution in [0.3, 0.4) is 0 Å². The summed E-state index contributed by atoms with van der Waals surface area (Å²) in [6, 6.07) is 7.51. The minimum atomic E-state index is -0.141. The van der Waals surface area contributed by atoms with Crippen molar-refractivity contribution in [1.29, 1.82) is 0 Å². The number of carbonyl (C=O) groups excluding carboxylic acids is 2. The van der Waals surface area contributed by atoms with Crippen LogP contribution in [0.2, 0.25) is 0 Å². The summed E-state index contributed by atoms with van der Waals surface area (Å²) in [6.07, 6.45) is 2.12. The van der Waals surface area contributed by atoms with Gasteiger partial charge in [-0.1, -0.05) is 29.8 Å². The Kier molecular flexibility index (Phi) is 3.57. The minimum absolute atomic E-state index is 0.0247. The number of nitrogens with one attached hydrogen (secondary N) is 1. The van der Waals surface area contributed by atoms with E-state index in [2.05, 4.69) is 5.32 Å². The summed E-state index contributed by atoms with van der Waals surface area (Å²) in [4.78, 5) is 23.5. The number of aryl methyl sites for hydroxylation is 1. The number of piperidine rings is 1. The summed E-state index contributed by atoms with van der Waals surface area (Å²) in [5.41, 5.74) is 1.84. The van der Waals surface area contributed by atoms with Gasteiger partial charge in [0.2, 0.25) is 5.91 Å². The molecule has 0 aliphatic carbocycles. The highest BCUT2D eigenvalue weighted by Gasteiger charge is 2.24. The molecule has 1 aromatic rings. The van der Waals surface area contributed by atoms with Gasteiger partial charge < -0.3 is 5.32 Å². The van der Waals surface area contributed by atoms with Crippen molar-refractivity contribution in [2.75, 3.05) is 6.54 Å². The largest absolute Gasteiger partial charge is 0.356 e. The SMILES string of the molecule is Cc1ccc(C(=O)C[C@H]2CCCNC2=O)cc1. The molecule has 0 aromatic heterocycles. The molecule has 0 unspecified atom stereocenters. The Labute approximate surface area is 101 Å². The van der Waals surface area contributed by atoms with Gasteiger partial charge in [-0.3, -0.25) is 9.59 Å². The minimum Gasteiger partial charge on any atom is -0.356 e. The molecule has 0 bridgehead atoms. The Morgan fingerprint density at radius 1 is 1.35 bits per heavy atom. The van der Waals surface area contributed by atoms with Crippen LogP contribution in [0.4, 0.5) is 0 Å². The Balaban J connectivity index is 2.01. The molecule has 1 heterocycles. The van der Waals surface area contributed by atoms with Crippen LogP contribution < -0.4 is 5.32 Å². The maximum atomic E-state index is 12.0. The van der Waals surface area contributed by atoms with Crippen LogP contribution in [0.25, 0.3) is 0 Å². The number of benzene rings is 1. The van der Waals surface area contributed by atoms with E-state index in [9.17, 15) is 9.59 Å². The fraction of sp³-hybridized carbons (Fsp3) is 0.429. The first-order chi connectivity index (χ1) is 8.16. The second-order valence-corrected chi connectivity index (χ2v) is 4.62. The van der Waals surface area contributed by atoms with Crippen LogP contribution in [0.1, 0.15) is 35.2 Å². The van der Waals surface area contributed by atoms with E-state index < -0.39 is 0 Å². The van der Waals surface area contributed by atoms with Crippen LogP contribution in [0.5, 0.6) is 0 Å². The van der Waals surface area contributed by atoms with Gasteiger partial charge in [0.15, 0.2) is 5.78 Å². The lowest BCUT2D eigenvalue weighted by Gasteiger charge is -2.21. The van der Waals surface area contributed by atoms with Crippen molar-refractivity contribution in [3.05, 3.63) is 35.4 Å². The Hall–Kier alpha value is -1.64. The smallest absolute Gasteiger partial charge is 0.223 e. The Morgan fingerprint density at radius 2 is 2.06 bits per heavy atom. The van der Waals surface area contributed by atoms with Gasteiger partial charge in [-0.2, -0.15) is 0 Å². The summed E-state index contributed by atoms with van der Waals surface area (Å²) in [7, 11) is 0. The molecule has 1 amide bonds. The molecule has 3 nitrogen and oxygen atoms in total. The molecule has 17 heavy (non-hydrogen) atoms. The summed E-state index contributed by atoms with van der Waals surface area (Å²) in [5, 5.41) is 2.81. The average molecular weight is 231 g/mol. The van der Waals surface area contributed by atoms with Gasteiger partial charge in [0.1, 0.15) is 0 Å². The number of hydrogen-bond donors (Lipinski definition) is 1. The molecule has 1 aliphatic heterocycles. The van der Waals surface area contributed by atoms with Crippen LogP contribution in [-0.4, -0.2) is 18.2 Å². The second kappa shape index (κ2) is 5.13. The van der Waals surface area contributed by atoms with Gasteiger partial charge in [-0.15, -0.1) is 0 Å². The average Bonchev–Trinajstić information content (AvgIpc) is 2.33. The zero-order chi connectivity index (χ0) is 12.3. The maximum absolute atomic E-state index is 12.0. The van der Waals surface area contributed by atoms with Gasteiger partial charge >= 0.3 is 0 Å². The third-order valence-electron chi connectivity index (χ3n) is 3.20. The summed E-state index contributed by atoms with van der Waals surface area (Å²) in [6.45, 7) is 2.73. The Morgan fingerprint density at radius 3 is 2.71 bits per heavy atom. The number of carbonyl (C=O) groups is 2. The van der Waals surface area contributed by atoms with E-state index in [0.29, 0.717) is 12.0 Å². The van der Waals surface area contributed by atoms with E-state index in [1.807, 2.05) is 31.2 Å². The number of hydrogen-bond acceptors (Lipinski definition) is 2. The first-order valence-corrected chi connectivity index (χ1v) is 6.04. The van der Waals surface area contributed by atoms with Crippen LogP contribution in [0, 0.1) is 12.8 Å². The molecule has 90 valence electrons. The monoisotopic (exact) mass is 231 g/mol. The highest BCUT2D eigenvalue weighted by Crippen LogP contribution is 2.18. The number of ketones is 1. The maximum Gasteiger partial charge on any atom is 0.223 e. The van der Waals surface area contributed by atoms with Crippen molar-refractivity contribution >= 4 is 11.7 Å². The zero-order valence-electron chi connectivity index (χ0n) is 10.0. The molecule has 2 rings (SSSR count). The van der Waals surface area contributed by atoms with E-state index in [4.69, 9.17) is 0 Å². The molecular weight excluding hydrogens is 214 g/mol. The highest BCUT2D eigenvalue weighted by molar-refractivity contribution is 5.98. The van der Waals surface area contributed by atoms with E-state index in [0.717, 1.165) is 24.9 Å². The number of Topliss-reactive ketones (excluding diaryl/α,β-unsaturated/α-hetero) is 1. The molecule has 1 N–H and O–H groups in total. The lowest BCUT2D eigenvalue weighted by molar-refractivity contribution is -0.126. The lowest BCUT2D eigenvalue weighted by atomic mass is 9.91. The fourth-order valence-electron chi connectivity index (χ4n) is 2.11. The number of rotatable bonds is 3. The second-order valence-electron chi connectivity index (χ2n) is 4.62. The number of amides is 1. The zero-order valence-corrected chi connectivity index (χ0v) is 10.0. The van der Waals surface area contributed by atoms with Gasteiger partial charge in [0.25, 0.3) is 0 Å². The predicted octanol–water partition coefficient (Wildman–Crippen LogP) is 2.09. The molecule has 0 radical (unpaired) electrons. The topological polar surface area (TPSA) is 46.2 Å². The molecule has 1 fully saturated rings. The van der Waals surface area contributed by atoms with E-state index >= 15 is 0 Å². The van der Waals surface area contributed by atoms with Gasteiger partial charge in [0, 0.05) is 24.4 Å². The molecule has 1 aromatic carbocycles. The first-order valence-electron chi connectivity index (χ1n) is 6.04. The molecule has 0 spiro atoms. The van der Waals surface area contributed by atoms with Crippen LogP contribution in [0.15, 0.2) is 24.3 Å². The van der Waals surface area contributed by atoms with Crippen molar-refractivity contribution in [1.82, 2.24) is 5.32 Å². The van der Waals surface area contributed by atoms with Crippen molar-refractivity contribution < 1.29 is 9.59 Å². The third-order valence-corrected chi connectivity index (χ3v) is 3.20. The molecule has 1 aliphatic rings. The predicted molar refractivity (Wildman–Crippen MR) is 65.9 cm³/mol. The standard InChI is InChI=1S/C14H17NO2/c1-10-4-6-11(7-5-10)13(16)9-12-3-2-8-15-14(12)17/h4-7,12H,2-3,8-9H2,1H3,(H,15,17)/t12-/m1/s1. The van der Waals surface area contributed by atoms with Crippen LogP contribution >= 0.6 is 0 Å². The van der Waals surface area contributed by atoms with E-state index in [1.165, 1.54) is 0 Å². The van der Waals surface area contributed by atoms with Gasteiger partial charge in [-0.25, -0.2) is 0 Å². The first kappa shape index (κ1) is 11.8. The van der Waals surface area contributed by atoms with Crippen molar-refractivity contribution in [2.24, 2.45) is 5.92 Å². The normalized spacial score (nSPS) is 19.8. The van der Waals surface area contributed by atoms with Gasteiger partial charge in [0.05, 0.1) is 0 Å². The fourth-order valence-corrected chi connectivity index (χ4v) is 2.11. The summed E-state index contributed by atoms with van der Waals surface area (Å²) >= 11 is 0. The van der Waals surface area contributed by atoms with Crippen molar-refractivity contribution in [2.45, 2.75) is 26.2 Å². The molecule has 1 atom stereocenters. The molecule has 0 saturated carbocycles. The Bertz CT molecular complexity index is 422. The highest BCUT2D eigenvalue weighted by atomic mass is 16.2. The molecule has 3 heteroatoms. The van der Waals surface area contributed by atoms with Crippen molar-refractivity contribution in [3.8, 4) is 0 Å². The summed E-state index contributed by atoms with van der Waals surface area (Å²) in [5.74, 6) is -0.0543. The lowest BCUT2D eigenvalue weighted by Crippen LogP contribution is -2.37. The third kappa shape index (κ3) is 2.93. The van der Waals surface area contributed by atoms with Crippen LogP contribution in [-0.2, 0) is 4.79 Å². The van der Waals surface area contributed by atoms with E-state index in [1.54, 1.807) is 0 Å². The van der Waals surface area contributed by atoms with E-state index in [-0.39, 0.29) is 17.6 Å². The quantitative estimate of drug-likeness (QED) is 0.810. The van der Waals surface area contributed by atoms with Gasteiger partial charge in [-0.05, 0) is 19.8 Å². The molecule has 1 saturated heterocycles. The summed E-state index contributed by atoms with van der Waals surface area (Å²) < 4.78 is 0.